The van der Waals surface area contributed by atoms with Gasteiger partial charge in [0.25, 0.3) is 5.69 Å². The smallest absolute Gasteiger partial charge is 0.270 e. The van der Waals surface area contributed by atoms with Gasteiger partial charge < -0.3 is 5.32 Å². The standard InChI is InChI=1S/C20H19N5O3S/c1-13(2)18(26)23-19-17(15-8-4-3-5-9-15)22-20(29-19)24-21-12-14-7-6-10-16(11-14)25(27)28/h3-13H,1-2H3,(H,22,24)(H,23,26)/b21-12+. The van der Waals surface area contributed by atoms with Crippen LogP contribution in [0.25, 0.3) is 11.3 Å². The molecule has 9 heteroatoms. The van der Waals surface area contributed by atoms with E-state index in [4.69, 9.17) is 0 Å². The summed E-state index contributed by atoms with van der Waals surface area (Å²) in [5.41, 5.74) is 4.93. The summed E-state index contributed by atoms with van der Waals surface area (Å²) in [6, 6.07) is 15.7. The molecule has 0 unspecified atom stereocenters. The zero-order valence-electron chi connectivity index (χ0n) is 15.8. The fourth-order valence-corrected chi connectivity index (χ4v) is 3.22. The van der Waals surface area contributed by atoms with Crippen molar-refractivity contribution in [2.24, 2.45) is 11.0 Å². The van der Waals surface area contributed by atoms with Gasteiger partial charge in [-0.05, 0) is 0 Å². The molecule has 1 heterocycles. The van der Waals surface area contributed by atoms with Crippen molar-refractivity contribution in [3.63, 3.8) is 0 Å². The van der Waals surface area contributed by atoms with Crippen LogP contribution in [0.3, 0.4) is 0 Å². The van der Waals surface area contributed by atoms with Gasteiger partial charge in [0.05, 0.1) is 11.1 Å². The van der Waals surface area contributed by atoms with E-state index in [1.54, 1.807) is 12.1 Å². The van der Waals surface area contributed by atoms with E-state index < -0.39 is 4.92 Å². The zero-order chi connectivity index (χ0) is 20.8. The van der Waals surface area contributed by atoms with E-state index in [0.29, 0.717) is 21.4 Å². The number of carbonyl (C=O) groups excluding carboxylic acids is 1. The number of rotatable bonds is 7. The first-order valence-corrected chi connectivity index (χ1v) is 9.66. The average molecular weight is 409 g/mol. The third kappa shape index (κ3) is 5.23. The Balaban J connectivity index is 1.82. The van der Waals surface area contributed by atoms with Crippen LogP contribution >= 0.6 is 11.3 Å². The van der Waals surface area contributed by atoms with Crippen LogP contribution in [-0.2, 0) is 4.79 Å². The van der Waals surface area contributed by atoms with Gasteiger partial charge in [-0.2, -0.15) is 5.10 Å². The molecule has 0 aliphatic rings. The number of benzene rings is 2. The summed E-state index contributed by atoms with van der Waals surface area (Å²) in [6.07, 6.45) is 1.48. The summed E-state index contributed by atoms with van der Waals surface area (Å²) in [6.45, 7) is 3.64. The summed E-state index contributed by atoms with van der Waals surface area (Å²) in [5.74, 6) is -0.262. The predicted molar refractivity (Wildman–Crippen MR) is 115 cm³/mol. The minimum Gasteiger partial charge on any atom is -0.316 e. The number of amides is 1. The summed E-state index contributed by atoms with van der Waals surface area (Å²) < 4.78 is 0. The van der Waals surface area contributed by atoms with Crippen LogP contribution < -0.4 is 10.7 Å². The number of aromatic nitrogens is 1. The van der Waals surface area contributed by atoms with Gasteiger partial charge in [0, 0.05) is 29.2 Å². The van der Waals surface area contributed by atoms with E-state index in [0.717, 1.165) is 5.56 Å². The number of anilines is 2. The third-order valence-corrected chi connectivity index (χ3v) is 4.77. The molecule has 0 bridgehead atoms. The lowest BCUT2D eigenvalue weighted by molar-refractivity contribution is -0.384. The highest BCUT2D eigenvalue weighted by atomic mass is 32.1. The molecule has 29 heavy (non-hydrogen) atoms. The van der Waals surface area contributed by atoms with E-state index in [2.05, 4.69) is 20.8 Å². The fraction of sp³-hybridized carbons (Fsp3) is 0.150. The van der Waals surface area contributed by atoms with Gasteiger partial charge in [0.2, 0.25) is 11.0 Å². The van der Waals surface area contributed by atoms with E-state index in [-0.39, 0.29) is 17.5 Å². The van der Waals surface area contributed by atoms with Crippen molar-refractivity contribution in [2.45, 2.75) is 13.8 Å². The van der Waals surface area contributed by atoms with Gasteiger partial charge in [-0.3, -0.25) is 20.3 Å². The summed E-state index contributed by atoms with van der Waals surface area (Å²) in [5, 5.41) is 19.0. The molecule has 3 rings (SSSR count). The van der Waals surface area contributed by atoms with Gasteiger partial charge >= 0.3 is 0 Å². The van der Waals surface area contributed by atoms with Crippen LogP contribution in [0.5, 0.6) is 0 Å². The van der Waals surface area contributed by atoms with Crippen LogP contribution in [0.15, 0.2) is 59.7 Å². The number of hydrogen-bond donors (Lipinski definition) is 2. The highest BCUT2D eigenvalue weighted by molar-refractivity contribution is 7.20. The van der Waals surface area contributed by atoms with Crippen molar-refractivity contribution in [1.29, 1.82) is 0 Å². The van der Waals surface area contributed by atoms with E-state index in [1.165, 1.54) is 29.7 Å². The van der Waals surface area contributed by atoms with Crippen molar-refractivity contribution in [2.75, 3.05) is 10.7 Å². The van der Waals surface area contributed by atoms with Crippen LogP contribution in [0.4, 0.5) is 15.8 Å². The van der Waals surface area contributed by atoms with Crippen LogP contribution in [0.1, 0.15) is 19.4 Å². The third-order valence-electron chi connectivity index (χ3n) is 3.89. The van der Waals surface area contributed by atoms with Gasteiger partial charge in [-0.15, -0.1) is 0 Å². The first-order valence-electron chi connectivity index (χ1n) is 8.84. The second-order valence-electron chi connectivity index (χ2n) is 6.43. The molecule has 0 atom stereocenters. The number of carbonyl (C=O) groups is 1. The zero-order valence-corrected chi connectivity index (χ0v) is 16.6. The largest absolute Gasteiger partial charge is 0.316 e. The first-order chi connectivity index (χ1) is 13.9. The van der Waals surface area contributed by atoms with Gasteiger partial charge in [0.15, 0.2) is 0 Å². The topological polar surface area (TPSA) is 110 Å². The summed E-state index contributed by atoms with van der Waals surface area (Å²) in [7, 11) is 0. The molecule has 0 saturated heterocycles. The Bertz CT molecular complexity index is 1050. The number of hydrogen-bond acceptors (Lipinski definition) is 7. The lowest BCUT2D eigenvalue weighted by Gasteiger charge is -2.07. The maximum Gasteiger partial charge on any atom is 0.270 e. The van der Waals surface area contributed by atoms with Crippen LogP contribution in [0, 0.1) is 16.0 Å². The molecule has 0 spiro atoms. The minimum absolute atomic E-state index is 0.00625. The molecule has 0 radical (unpaired) electrons. The molecule has 8 nitrogen and oxygen atoms in total. The quantitative estimate of drug-likeness (QED) is 0.332. The molecule has 1 aromatic heterocycles. The Hall–Kier alpha value is -3.59. The Morgan fingerprint density at radius 1 is 1.21 bits per heavy atom. The molecule has 0 fully saturated rings. The van der Waals surface area contributed by atoms with Crippen LogP contribution in [-0.4, -0.2) is 22.0 Å². The first kappa shape index (κ1) is 20.2. The molecule has 3 aromatic rings. The van der Waals surface area contributed by atoms with E-state index in [9.17, 15) is 14.9 Å². The normalized spacial score (nSPS) is 11.0. The number of nitro groups is 1. The second kappa shape index (κ2) is 9.07. The highest BCUT2D eigenvalue weighted by Crippen LogP contribution is 2.36. The Kier molecular flexibility index (Phi) is 6.30. The van der Waals surface area contributed by atoms with Gasteiger partial charge in [-0.25, -0.2) is 4.98 Å². The van der Waals surface area contributed by atoms with Crippen molar-refractivity contribution in [1.82, 2.24) is 4.98 Å². The SMILES string of the molecule is CC(C)C(=O)Nc1sc(N/N=C/c2cccc([N+](=O)[O-])c2)nc1-c1ccccc1. The number of nitrogens with one attached hydrogen (secondary N) is 2. The average Bonchev–Trinajstić information content (AvgIpc) is 3.11. The maximum atomic E-state index is 12.2. The molecule has 0 saturated carbocycles. The molecule has 0 aliphatic carbocycles. The molecular weight excluding hydrogens is 390 g/mol. The number of nitro benzene ring substituents is 1. The highest BCUT2D eigenvalue weighted by Gasteiger charge is 2.17. The van der Waals surface area contributed by atoms with Gasteiger partial charge in [0.1, 0.15) is 10.7 Å². The molecule has 148 valence electrons. The number of nitrogens with zero attached hydrogens (tertiary/aromatic N) is 3. The maximum absolute atomic E-state index is 12.2. The molecule has 2 N–H and O–H groups in total. The van der Waals surface area contributed by atoms with Crippen molar-refractivity contribution in [3.8, 4) is 11.3 Å². The summed E-state index contributed by atoms with van der Waals surface area (Å²) >= 11 is 1.27. The van der Waals surface area contributed by atoms with Crippen molar-refractivity contribution in [3.05, 3.63) is 70.3 Å². The monoisotopic (exact) mass is 409 g/mol. The molecule has 2 aromatic carbocycles. The minimum atomic E-state index is -0.457. The molecule has 1 amide bonds. The Morgan fingerprint density at radius 2 is 1.97 bits per heavy atom. The Labute approximate surface area is 171 Å². The predicted octanol–water partition coefficient (Wildman–Crippen LogP) is 4.76. The number of non-ortho nitro benzene ring substituents is 1. The van der Waals surface area contributed by atoms with Gasteiger partial charge in [-0.1, -0.05) is 67.6 Å². The van der Waals surface area contributed by atoms with Crippen molar-refractivity contribution < 1.29 is 9.72 Å². The summed E-state index contributed by atoms with van der Waals surface area (Å²) in [4.78, 5) is 27.1. The fourth-order valence-electron chi connectivity index (χ4n) is 2.38. The van der Waals surface area contributed by atoms with Crippen molar-refractivity contribution >= 4 is 39.3 Å². The van der Waals surface area contributed by atoms with E-state index >= 15 is 0 Å². The lowest BCUT2D eigenvalue weighted by Crippen LogP contribution is -2.17. The second-order valence-corrected chi connectivity index (χ2v) is 7.43. The Morgan fingerprint density at radius 3 is 2.66 bits per heavy atom. The number of thiazole rings is 1. The lowest BCUT2D eigenvalue weighted by atomic mass is 10.1. The molecule has 0 aliphatic heterocycles. The van der Waals surface area contributed by atoms with E-state index in [1.807, 2.05) is 44.2 Å². The van der Waals surface area contributed by atoms with Crippen LogP contribution in [0.2, 0.25) is 0 Å². The number of hydrazone groups is 1. The molecular formula is C20H19N5O3S.